The van der Waals surface area contributed by atoms with Crippen molar-refractivity contribution in [1.82, 2.24) is 5.32 Å². The maximum Gasteiger partial charge on any atom is 0.310 e. The Kier molecular flexibility index (Phi) is 4.68. The number of aliphatic carboxylic acids is 1. The standard InChI is InChI=1S/C16H20FNO4/c1-10(14-11(17)5-3-6-12(14)22-2)18-13(19)9-16(15(20)21)7-4-8-16/h3,5-6,10H,4,7-9H2,1-2H3,(H,18,19)(H,20,21). The molecule has 1 fully saturated rings. The van der Waals surface area contributed by atoms with Gasteiger partial charge in [0.15, 0.2) is 0 Å². The molecule has 6 heteroatoms. The number of amides is 1. The fourth-order valence-electron chi connectivity index (χ4n) is 2.86. The maximum atomic E-state index is 14.0. The van der Waals surface area contributed by atoms with E-state index in [1.54, 1.807) is 13.0 Å². The number of methoxy groups -OCH3 is 1. The van der Waals surface area contributed by atoms with E-state index >= 15 is 0 Å². The Labute approximate surface area is 128 Å². The van der Waals surface area contributed by atoms with Crippen LogP contribution >= 0.6 is 0 Å². The van der Waals surface area contributed by atoms with E-state index in [9.17, 15) is 19.1 Å². The Morgan fingerprint density at radius 3 is 2.64 bits per heavy atom. The summed E-state index contributed by atoms with van der Waals surface area (Å²) in [5.41, 5.74) is -0.695. The van der Waals surface area contributed by atoms with E-state index in [0.717, 1.165) is 6.42 Å². The van der Waals surface area contributed by atoms with Gasteiger partial charge in [-0.1, -0.05) is 12.5 Å². The van der Waals surface area contributed by atoms with Crippen molar-refractivity contribution in [3.8, 4) is 5.75 Å². The number of rotatable bonds is 6. The van der Waals surface area contributed by atoms with E-state index in [0.29, 0.717) is 18.6 Å². The van der Waals surface area contributed by atoms with E-state index in [1.165, 1.54) is 19.2 Å². The van der Waals surface area contributed by atoms with Crippen LogP contribution in [0.5, 0.6) is 5.75 Å². The summed E-state index contributed by atoms with van der Waals surface area (Å²) in [5, 5.41) is 11.9. The molecule has 22 heavy (non-hydrogen) atoms. The Hall–Kier alpha value is -2.11. The number of carbonyl (C=O) groups excluding carboxylic acids is 1. The smallest absolute Gasteiger partial charge is 0.310 e. The third-order valence-electron chi connectivity index (χ3n) is 4.31. The fraction of sp³-hybridized carbons (Fsp3) is 0.500. The summed E-state index contributed by atoms with van der Waals surface area (Å²) < 4.78 is 19.1. The SMILES string of the molecule is COc1cccc(F)c1C(C)NC(=O)CC1(C(=O)O)CCC1. The minimum Gasteiger partial charge on any atom is -0.496 e. The molecule has 1 aliphatic rings. The number of carbonyl (C=O) groups is 2. The number of benzene rings is 1. The Balaban J connectivity index is 2.07. The van der Waals surface area contributed by atoms with Crippen LogP contribution in [0.2, 0.25) is 0 Å². The lowest BCUT2D eigenvalue weighted by Gasteiger charge is -2.37. The molecule has 2 rings (SSSR count). The van der Waals surface area contributed by atoms with Crippen LogP contribution in [0, 0.1) is 11.2 Å². The summed E-state index contributed by atoms with van der Waals surface area (Å²) in [6, 6.07) is 3.84. The predicted molar refractivity (Wildman–Crippen MR) is 78.0 cm³/mol. The fourth-order valence-corrected chi connectivity index (χ4v) is 2.86. The summed E-state index contributed by atoms with van der Waals surface area (Å²) in [6.07, 6.45) is 1.75. The van der Waals surface area contributed by atoms with E-state index < -0.39 is 23.2 Å². The van der Waals surface area contributed by atoms with Gasteiger partial charge in [-0.05, 0) is 31.9 Å². The molecule has 1 unspecified atom stereocenters. The molecule has 1 atom stereocenters. The highest BCUT2D eigenvalue weighted by Crippen LogP contribution is 2.44. The largest absolute Gasteiger partial charge is 0.496 e. The van der Waals surface area contributed by atoms with Gasteiger partial charge in [-0.25, -0.2) is 4.39 Å². The molecule has 5 nitrogen and oxygen atoms in total. The molecule has 0 bridgehead atoms. The number of carboxylic acid groups (broad SMARTS) is 1. The minimum atomic E-state index is -0.955. The highest BCUT2D eigenvalue weighted by Gasteiger charge is 2.46. The quantitative estimate of drug-likeness (QED) is 0.847. The molecule has 120 valence electrons. The zero-order valence-corrected chi connectivity index (χ0v) is 12.7. The Morgan fingerprint density at radius 1 is 1.45 bits per heavy atom. The molecule has 1 aliphatic carbocycles. The van der Waals surface area contributed by atoms with Gasteiger partial charge >= 0.3 is 5.97 Å². The van der Waals surface area contributed by atoms with Crippen LogP contribution in [0.1, 0.15) is 44.2 Å². The molecule has 0 heterocycles. The molecule has 0 spiro atoms. The van der Waals surface area contributed by atoms with Crippen LogP contribution in [0.4, 0.5) is 4.39 Å². The van der Waals surface area contributed by atoms with Crippen LogP contribution < -0.4 is 10.1 Å². The van der Waals surface area contributed by atoms with Gasteiger partial charge in [0.05, 0.1) is 24.1 Å². The molecule has 0 aromatic heterocycles. The second-order valence-electron chi connectivity index (χ2n) is 5.76. The summed E-state index contributed by atoms with van der Waals surface area (Å²) in [7, 11) is 1.43. The molecule has 1 aromatic rings. The van der Waals surface area contributed by atoms with E-state index in [4.69, 9.17) is 4.74 Å². The third-order valence-corrected chi connectivity index (χ3v) is 4.31. The van der Waals surface area contributed by atoms with Crippen LogP contribution in [0.15, 0.2) is 18.2 Å². The van der Waals surface area contributed by atoms with Gasteiger partial charge in [0.1, 0.15) is 11.6 Å². The third kappa shape index (κ3) is 3.05. The van der Waals surface area contributed by atoms with Crippen molar-refractivity contribution in [2.24, 2.45) is 5.41 Å². The van der Waals surface area contributed by atoms with Crippen molar-refractivity contribution in [1.29, 1.82) is 0 Å². The van der Waals surface area contributed by atoms with Gasteiger partial charge in [0.25, 0.3) is 0 Å². The lowest BCUT2D eigenvalue weighted by atomic mass is 9.66. The van der Waals surface area contributed by atoms with Crippen molar-refractivity contribution in [3.63, 3.8) is 0 Å². The minimum absolute atomic E-state index is 0.0799. The molecular formula is C16H20FNO4. The van der Waals surface area contributed by atoms with E-state index in [1.807, 2.05) is 0 Å². The molecule has 0 saturated heterocycles. The molecule has 0 radical (unpaired) electrons. The monoisotopic (exact) mass is 309 g/mol. The van der Waals surface area contributed by atoms with Crippen molar-refractivity contribution >= 4 is 11.9 Å². The zero-order valence-electron chi connectivity index (χ0n) is 12.7. The molecular weight excluding hydrogens is 289 g/mol. The summed E-state index contributed by atoms with van der Waals surface area (Å²) in [4.78, 5) is 23.4. The Morgan fingerprint density at radius 2 is 2.14 bits per heavy atom. The maximum absolute atomic E-state index is 14.0. The van der Waals surface area contributed by atoms with E-state index in [-0.39, 0.29) is 17.9 Å². The number of carboxylic acids is 1. The number of ether oxygens (including phenoxy) is 1. The Bertz CT molecular complexity index is 584. The highest BCUT2D eigenvalue weighted by atomic mass is 19.1. The van der Waals surface area contributed by atoms with Crippen LogP contribution in [0.25, 0.3) is 0 Å². The average Bonchev–Trinajstić information content (AvgIpc) is 2.41. The molecule has 1 aromatic carbocycles. The first-order chi connectivity index (χ1) is 10.4. The normalized spacial score (nSPS) is 17.2. The van der Waals surface area contributed by atoms with Crippen LogP contribution in [-0.2, 0) is 9.59 Å². The summed E-state index contributed by atoms with van der Waals surface area (Å²) in [6.45, 7) is 1.65. The van der Waals surface area contributed by atoms with Gasteiger partial charge in [0, 0.05) is 6.42 Å². The molecule has 1 amide bonds. The van der Waals surface area contributed by atoms with Crippen molar-refractivity contribution < 1.29 is 23.8 Å². The summed E-state index contributed by atoms with van der Waals surface area (Å²) >= 11 is 0. The number of nitrogens with one attached hydrogen (secondary N) is 1. The molecule has 1 saturated carbocycles. The number of halogens is 1. The first-order valence-corrected chi connectivity index (χ1v) is 7.25. The number of hydrogen-bond donors (Lipinski definition) is 2. The highest BCUT2D eigenvalue weighted by molar-refractivity contribution is 5.85. The average molecular weight is 309 g/mol. The van der Waals surface area contributed by atoms with Crippen LogP contribution in [-0.4, -0.2) is 24.1 Å². The summed E-state index contributed by atoms with van der Waals surface area (Å²) in [5.74, 6) is -1.45. The molecule has 0 aliphatic heterocycles. The predicted octanol–water partition coefficient (Wildman–Crippen LogP) is 2.66. The zero-order chi connectivity index (χ0) is 16.3. The van der Waals surface area contributed by atoms with Gasteiger partial charge in [-0.3, -0.25) is 9.59 Å². The lowest BCUT2D eigenvalue weighted by molar-refractivity contribution is -0.157. The van der Waals surface area contributed by atoms with E-state index in [2.05, 4.69) is 5.32 Å². The number of hydrogen-bond acceptors (Lipinski definition) is 3. The van der Waals surface area contributed by atoms with Gasteiger partial charge < -0.3 is 15.2 Å². The van der Waals surface area contributed by atoms with Crippen molar-refractivity contribution in [3.05, 3.63) is 29.6 Å². The second-order valence-corrected chi connectivity index (χ2v) is 5.76. The first kappa shape index (κ1) is 16.3. The second kappa shape index (κ2) is 6.34. The molecule has 2 N–H and O–H groups in total. The van der Waals surface area contributed by atoms with Gasteiger partial charge in [0.2, 0.25) is 5.91 Å². The van der Waals surface area contributed by atoms with Gasteiger partial charge in [-0.2, -0.15) is 0 Å². The van der Waals surface area contributed by atoms with Crippen molar-refractivity contribution in [2.75, 3.05) is 7.11 Å². The lowest BCUT2D eigenvalue weighted by Crippen LogP contribution is -2.43. The topological polar surface area (TPSA) is 75.6 Å². The van der Waals surface area contributed by atoms with Gasteiger partial charge in [-0.15, -0.1) is 0 Å². The first-order valence-electron chi connectivity index (χ1n) is 7.25. The van der Waals surface area contributed by atoms with Crippen molar-refractivity contribution in [2.45, 2.75) is 38.6 Å². The van der Waals surface area contributed by atoms with Crippen LogP contribution in [0.3, 0.4) is 0 Å².